The van der Waals surface area contributed by atoms with Gasteiger partial charge in [-0.1, -0.05) is 11.6 Å². The summed E-state index contributed by atoms with van der Waals surface area (Å²) in [6.07, 6.45) is -4.66. The minimum absolute atomic E-state index is 0.480. The molecule has 1 heterocycles. The number of ether oxygens (including phenoxy) is 1. The van der Waals surface area contributed by atoms with Gasteiger partial charge in [-0.15, -0.1) is 0 Å². The highest BCUT2D eigenvalue weighted by molar-refractivity contribution is 6.29. The molecule has 2 nitrogen and oxygen atoms in total. The van der Waals surface area contributed by atoms with Crippen molar-refractivity contribution in [3.05, 3.63) is 52.7 Å². The summed E-state index contributed by atoms with van der Waals surface area (Å²) in [6.45, 7) is 0. The summed E-state index contributed by atoms with van der Waals surface area (Å²) in [5.41, 5.74) is -1.11. The van der Waals surface area contributed by atoms with E-state index in [1.54, 1.807) is 0 Å². The Labute approximate surface area is 114 Å². The molecule has 0 saturated carbocycles. The first-order valence-corrected chi connectivity index (χ1v) is 5.51. The maximum atomic E-state index is 13.3. The van der Waals surface area contributed by atoms with E-state index in [2.05, 4.69) is 4.98 Å². The van der Waals surface area contributed by atoms with Gasteiger partial charge >= 0.3 is 6.18 Å². The van der Waals surface area contributed by atoms with Crippen LogP contribution in [0.15, 0.2) is 30.3 Å². The summed E-state index contributed by atoms with van der Waals surface area (Å²) in [5, 5.41) is -0.480. The van der Waals surface area contributed by atoms with E-state index >= 15 is 0 Å². The van der Waals surface area contributed by atoms with Crippen LogP contribution < -0.4 is 4.74 Å². The molecule has 0 saturated heterocycles. The number of hydrogen-bond acceptors (Lipinski definition) is 2. The maximum Gasteiger partial charge on any atom is 0.416 e. The van der Waals surface area contributed by atoms with Crippen molar-refractivity contribution in [2.24, 2.45) is 0 Å². The first-order chi connectivity index (χ1) is 9.25. The Hall–Kier alpha value is -1.89. The lowest BCUT2D eigenvalue weighted by Crippen LogP contribution is -2.06. The third-order valence-electron chi connectivity index (χ3n) is 2.21. The van der Waals surface area contributed by atoms with Gasteiger partial charge in [0.1, 0.15) is 11.0 Å². The summed E-state index contributed by atoms with van der Waals surface area (Å²) in [4.78, 5) is 3.47. The molecule has 20 heavy (non-hydrogen) atoms. The van der Waals surface area contributed by atoms with Gasteiger partial charge in [-0.2, -0.15) is 13.2 Å². The highest BCUT2D eigenvalue weighted by Crippen LogP contribution is 2.34. The topological polar surface area (TPSA) is 22.1 Å². The number of rotatable bonds is 2. The van der Waals surface area contributed by atoms with Gasteiger partial charge in [0.2, 0.25) is 5.88 Å². The lowest BCUT2D eigenvalue weighted by atomic mass is 10.2. The van der Waals surface area contributed by atoms with Crippen molar-refractivity contribution in [3.63, 3.8) is 0 Å². The number of pyridine rings is 1. The smallest absolute Gasteiger partial charge is 0.416 e. The van der Waals surface area contributed by atoms with Crippen molar-refractivity contribution in [1.82, 2.24) is 4.98 Å². The predicted octanol–water partition coefficient (Wildman–Crippen LogP) is 4.82. The molecule has 1 aromatic carbocycles. The Kier molecular flexibility index (Phi) is 3.80. The third-order valence-corrected chi connectivity index (χ3v) is 2.40. The standard InChI is InChI=1S/C12H5ClF5NO/c13-10-3-6(12(16,17)18)4-11(19-10)20-9-5-7(14)1-2-8(9)15/h1-5H. The van der Waals surface area contributed by atoms with E-state index in [-0.39, 0.29) is 0 Å². The number of aromatic nitrogens is 1. The predicted molar refractivity (Wildman–Crippen MR) is 60.7 cm³/mol. The Morgan fingerprint density at radius 3 is 2.40 bits per heavy atom. The zero-order valence-corrected chi connectivity index (χ0v) is 10.3. The molecule has 2 aromatic rings. The van der Waals surface area contributed by atoms with Gasteiger partial charge in [0.25, 0.3) is 0 Å². The van der Waals surface area contributed by atoms with Gasteiger partial charge in [0, 0.05) is 12.1 Å². The fourth-order valence-corrected chi connectivity index (χ4v) is 1.56. The molecule has 0 aliphatic carbocycles. The zero-order valence-electron chi connectivity index (χ0n) is 9.51. The molecule has 0 atom stereocenters. The van der Waals surface area contributed by atoms with Crippen LogP contribution in [0.1, 0.15) is 5.56 Å². The highest BCUT2D eigenvalue weighted by atomic mass is 35.5. The van der Waals surface area contributed by atoms with Crippen molar-refractivity contribution in [3.8, 4) is 11.6 Å². The molecule has 106 valence electrons. The molecular formula is C12H5ClF5NO. The van der Waals surface area contributed by atoms with Gasteiger partial charge in [0.15, 0.2) is 11.6 Å². The Morgan fingerprint density at radius 1 is 1.05 bits per heavy atom. The van der Waals surface area contributed by atoms with Crippen LogP contribution in [0.5, 0.6) is 11.6 Å². The summed E-state index contributed by atoms with van der Waals surface area (Å²) in [6, 6.07) is 3.44. The minimum atomic E-state index is -4.66. The van der Waals surface area contributed by atoms with E-state index in [0.717, 1.165) is 12.1 Å². The SMILES string of the molecule is Fc1ccc(F)c(Oc2cc(C(F)(F)F)cc(Cl)n2)c1. The molecule has 0 aliphatic heterocycles. The fourth-order valence-electron chi connectivity index (χ4n) is 1.36. The summed E-state index contributed by atoms with van der Waals surface area (Å²) in [5.74, 6) is -2.93. The summed E-state index contributed by atoms with van der Waals surface area (Å²) >= 11 is 5.43. The summed E-state index contributed by atoms with van der Waals surface area (Å²) < 4.78 is 68.7. The van der Waals surface area contributed by atoms with E-state index in [4.69, 9.17) is 16.3 Å². The second kappa shape index (κ2) is 5.24. The molecule has 0 unspecified atom stereocenters. The second-order valence-corrected chi connectivity index (χ2v) is 4.08. The lowest BCUT2D eigenvalue weighted by molar-refractivity contribution is -0.137. The van der Waals surface area contributed by atoms with Crippen molar-refractivity contribution in [2.45, 2.75) is 6.18 Å². The van der Waals surface area contributed by atoms with Crippen molar-refractivity contribution in [1.29, 1.82) is 0 Å². The summed E-state index contributed by atoms with van der Waals surface area (Å²) in [7, 11) is 0. The van der Waals surface area contributed by atoms with Gasteiger partial charge in [-0.05, 0) is 18.2 Å². The van der Waals surface area contributed by atoms with Gasteiger partial charge in [-0.3, -0.25) is 0 Å². The monoisotopic (exact) mass is 309 g/mol. The van der Waals surface area contributed by atoms with E-state index in [9.17, 15) is 22.0 Å². The minimum Gasteiger partial charge on any atom is -0.436 e. The van der Waals surface area contributed by atoms with Crippen LogP contribution in [0.2, 0.25) is 5.15 Å². The molecule has 0 aliphatic rings. The molecule has 1 aromatic heterocycles. The van der Waals surface area contributed by atoms with Gasteiger partial charge in [0.05, 0.1) is 5.56 Å². The van der Waals surface area contributed by atoms with E-state index in [0.29, 0.717) is 18.2 Å². The van der Waals surface area contributed by atoms with Crippen LogP contribution in [0.25, 0.3) is 0 Å². The molecule has 0 amide bonds. The average Bonchev–Trinajstić information content (AvgIpc) is 2.32. The Bertz CT molecular complexity index is 644. The number of alkyl halides is 3. The largest absolute Gasteiger partial charge is 0.436 e. The maximum absolute atomic E-state index is 13.3. The second-order valence-electron chi connectivity index (χ2n) is 3.69. The van der Waals surface area contributed by atoms with E-state index in [1.165, 1.54) is 0 Å². The normalized spacial score (nSPS) is 11.5. The Morgan fingerprint density at radius 2 is 1.75 bits per heavy atom. The van der Waals surface area contributed by atoms with Crippen LogP contribution in [-0.4, -0.2) is 4.98 Å². The number of nitrogens with zero attached hydrogens (tertiary/aromatic N) is 1. The fraction of sp³-hybridized carbons (Fsp3) is 0.0833. The van der Waals surface area contributed by atoms with Crippen LogP contribution in [0.4, 0.5) is 22.0 Å². The van der Waals surface area contributed by atoms with E-state index in [1.807, 2.05) is 0 Å². The molecule has 8 heteroatoms. The van der Waals surface area contributed by atoms with Crippen molar-refractivity contribution < 1.29 is 26.7 Å². The highest BCUT2D eigenvalue weighted by Gasteiger charge is 2.32. The molecule has 0 bridgehead atoms. The first-order valence-electron chi connectivity index (χ1n) is 5.13. The van der Waals surface area contributed by atoms with Crippen LogP contribution in [-0.2, 0) is 6.18 Å². The van der Waals surface area contributed by atoms with Crippen LogP contribution in [0, 0.1) is 11.6 Å². The van der Waals surface area contributed by atoms with Crippen LogP contribution in [0.3, 0.4) is 0 Å². The lowest BCUT2D eigenvalue weighted by Gasteiger charge is -2.10. The molecule has 2 rings (SSSR count). The Balaban J connectivity index is 2.39. The number of halogens is 6. The third kappa shape index (κ3) is 3.36. The van der Waals surface area contributed by atoms with E-state index < -0.39 is 40.2 Å². The van der Waals surface area contributed by atoms with Crippen molar-refractivity contribution in [2.75, 3.05) is 0 Å². The van der Waals surface area contributed by atoms with Gasteiger partial charge < -0.3 is 4.74 Å². The molecule has 0 N–H and O–H groups in total. The van der Waals surface area contributed by atoms with Gasteiger partial charge in [-0.25, -0.2) is 13.8 Å². The molecule has 0 spiro atoms. The molecule has 0 fully saturated rings. The van der Waals surface area contributed by atoms with Crippen LogP contribution >= 0.6 is 11.6 Å². The molecule has 0 radical (unpaired) electrons. The molecular weight excluding hydrogens is 305 g/mol. The average molecular weight is 310 g/mol. The zero-order chi connectivity index (χ0) is 14.9. The first kappa shape index (κ1) is 14.5. The number of hydrogen-bond donors (Lipinski definition) is 0. The van der Waals surface area contributed by atoms with Crippen molar-refractivity contribution >= 4 is 11.6 Å². The quantitative estimate of drug-likeness (QED) is 0.586. The number of benzene rings is 1.